The Morgan fingerprint density at radius 1 is 1.00 bits per heavy atom. The van der Waals surface area contributed by atoms with E-state index in [1.165, 1.54) is 0 Å². The van der Waals surface area contributed by atoms with Gasteiger partial charge in [0, 0.05) is 49.0 Å². The largest absolute Gasteiger partial charge is 0.371 e. The molecule has 2 saturated heterocycles. The van der Waals surface area contributed by atoms with Gasteiger partial charge in [0.15, 0.2) is 0 Å². The van der Waals surface area contributed by atoms with E-state index in [1.807, 2.05) is 56.3 Å². The van der Waals surface area contributed by atoms with Gasteiger partial charge in [-0.2, -0.15) is 0 Å². The van der Waals surface area contributed by atoms with Crippen LogP contribution in [0.1, 0.15) is 30.4 Å². The molecule has 1 unspecified atom stereocenters. The summed E-state index contributed by atoms with van der Waals surface area (Å²) in [6.45, 7) is 5.99. The quantitative estimate of drug-likeness (QED) is 0.756. The van der Waals surface area contributed by atoms with Gasteiger partial charge in [0.05, 0.1) is 5.92 Å². The molecule has 4 rings (SSSR count). The van der Waals surface area contributed by atoms with Gasteiger partial charge in [0.1, 0.15) is 0 Å². The third-order valence-corrected chi connectivity index (χ3v) is 6.76. The van der Waals surface area contributed by atoms with Crippen molar-refractivity contribution < 1.29 is 14.4 Å². The average molecular weight is 435 g/mol. The molecule has 2 aliphatic heterocycles. The molecule has 7 nitrogen and oxygen atoms in total. The fourth-order valence-corrected chi connectivity index (χ4v) is 4.57. The van der Waals surface area contributed by atoms with Crippen LogP contribution in [0.2, 0.25) is 0 Å². The normalized spacial score (nSPS) is 19.3. The van der Waals surface area contributed by atoms with Crippen molar-refractivity contribution in [1.29, 1.82) is 0 Å². The zero-order valence-corrected chi connectivity index (χ0v) is 18.6. The zero-order valence-electron chi connectivity index (χ0n) is 18.6. The van der Waals surface area contributed by atoms with Crippen LogP contribution in [0.25, 0.3) is 0 Å². The second-order valence-corrected chi connectivity index (χ2v) is 8.82. The Hall–Kier alpha value is -3.35. The third kappa shape index (κ3) is 4.47. The zero-order chi connectivity index (χ0) is 22.8. The number of aryl methyl sites for hydroxylation is 1. The predicted octanol–water partition coefficient (Wildman–Crippen LogP) is 3.00. The predicted molar refractivity (Wildman–Crippen MR) is 126 cm³/mol. The van der Waals surface area contributed by atoms with Crippen LogP contribution in [0.4, 0.5) is 17.1 Å². The molecule has 0 saturated carbocycles. The highest BCUT2D eigenvalue weighted by Crippen LogP contribution is 2.30. The van der Waals surface area contributed by atoms with Gasteiger partial charge in [-0.25, -0.2) is 0 Å². The number of hydrogen-bond donors (Lipinski definition) is 2. The van der Waals surface area contributed by atoms with Gasteiger partial charge >= 0.3 is 0 Å². The highest BCUT2D eigenvalue weighted by molar-refractivity contribution is 6.04. The summed E-state index contributed by atoms with van der Waals surface area (Å²) < 4.78 is 0. The molecular weight excluding hydrogens is 404 g/mol. The Bertz CT molecular complexity index is 1030. The second-order valence-electron chi connectivity index (χ2n) is 8.82. The highest BCUT2D eigenvalue weighted by Gasteiger charge is 2.35. The molecule has 0 radical (unpaired) electrons. The number of nitrogens with zero attached hydrogens (tertiary/aromatic N) is 2. The first-order chi connectivity index (χ1) is 15.3. The van der Waals surface area contributed by atoms with Gasteiger partial charge in [-0.1, -0.05) is 12.1 Å². The van der Waals surface area contributed by atoms with E-state index in [0.717, 1.165) is 48.4 Å². The van der Waals surface area contributed by atoms with Crippen molar-refractivity contribution in [2.45, 2.75) is 33.1 Å². The van der Waals surface area contributed by atoms with Crippen LogP contribution in [-0.4, -0.2) is 37.4 Å². The van der Waals surface area contributed by atoms with Crippen LogP contribution in [0, 0.1) is 25.7 Å². The van der Waals surface area contributed by atoms with Gasteiger partial charge in [-0.3, -0.25) is 14.4 Å². The Labute approximate surface area is 188 Å². The van der Waals surface area contributed by atoms with Gasteiger partial charge in [0.25, 0.3) is 0 Å². The molecule has 0 aliphatic carbocycles. The SMILES string of the molecule is Cc1cccc(N2CC(C(=O)Nc3ccc(N4CCC(C(N)=O)CC4)cc3)CC2=O)c1C. The molecule has 0 bridgehead atoms. The average Bonchev–Trinajstić information content (AvgIpc) is 3.18. The molecule has 1 atom stereocenters. The lowest BCUT2D eigenvalue weighted by Gasteiger charge is -2.32. The van der Waals surface area contributed by atoms with E-state index in [9.17, 15) is 14.4 Å². The van der Waals surface area contributed by atoms with Crippen LogP contribution < -0.4 is 20.9 Å². The molecule has 0 aromatic heterocycles. The number of nitrogens with two attached hydrogens (primary N) is 1. The number of benzene rings is 2. The molecule has 2 aromatic carbocycles. The molecule has 168 valence electrons. The molecule has 32 heavy (non-hydrogen) atoms. The van der Waals surface area contributed by atoms with E-state index in [4.69, 9.17) is 5.73 Å². The third-order valence-electron chi connectivity index (χ3n) is 6.76. The maximum Gasteiger partial charge on any atom is 0.229 e. The summed E-state index contributed by atoms with van der Waals surface area (Å²) >= 11 is 0. The summed E-state index contributed by atoms with van der Waals surface area (Å²) in [4.78, 5) is 40.7. The fraction of sp³-hybridized carbons (Fsp3) is 0.400. The van der Waals surface area contributed by atoms with Crippen molar-refractivity contribution in [1.82, 2.24) is 0 Å². The summed E-state index contributed by atoms with van der Waals surface area (Å²) in [5.74, 6) is -0.795. The van der Waals surface area contributed by atoms with E-state index in [1.54, 1.807) is 4.90 Å². The van der Waals surface area contributed by atoms with E-state index in [-0.39, 0.29) is 36.0 Å². The number of piperidine rings is 1. The topological polar surface area (TPSA) is 95.7 Å². The monoisotopic (exact) mass is 434 g/mol. The summed E-state index contributed by atoms with van der Waals surface area (Å²) in [6, 6.07) is 13.6. The molecule has 7 heteroatoms. The maximum absolute atomic E-state index is 12.8. The standard InChI is InChI=1S/C25H30N4O3/c1-16-4-3-5-22(17(16)2)29-15-19(14-23(29)30)25(32)27-20-6-8-21(9-7-20)28-12-10-18(11-13-28)24(26)31/h3-9,18-19H,10-15H2,1-2H3,(H2,26,31)(H,27,32). The number of nitrogens with one attached hydrogen (secondary N) is 1. The number of hydrogen-bond acceptors (Lipinski definition) is 4. The first kappa shape index (κ1) is 21.9. The van der Waals surface area contributed by atoms with Crippen LogP contribution >= 0.6 is 0 Å². The Balaban J connectivity index is 1.36. The summed E-state index contributed by atoms with van der Waals surface area (Å²) in [5.41, 5.74) is 10.3. The van der Waals surface area contributed by atoms with Crippen LogP contribution in [0.15, 0.2) is 42.5 Å². The minimum absolute atomic E-state index is 0.0199. The second kappa shape index (κ2) is 9.02. The molecule has 3 N–H and O–H groups in total. The summed E-state index contributed by atoms with van der Waals surface area (Å²) in [6.07, 6.45) is 1.74. The molecule has 2 aliphatic rings. The van der Waals surface area contributed by atoms with Gasteiger partial charge < -0.3 is 20.9 Å². The maximum atomic E-state index is 12.8. The van der Waals surface area contributed by atoms with Crippen molar-refractivity contribution in [2.24, 2.45) is 17.6 Å². The van der Waals surface area contributed by atoms with Crippen LogP contribution in [-0.2, 0) is 14.4 Å². The Kier molecular flexibility index (Phi) is 6.17. The van der Waals surface area contributed by atoms with Crippen molar-refractivity contribution >= 4 is 34.8 Å². The highest BCUT2D eigenvalue weighted by atomic mass is 16.2. The smallest absolute Gasteiger partial charge is 0.229 e. The van der Waals surface area contributed by atoms with Gasteiger partial charge in [-0.15, -0.1) is 0 Å². The minimum atomic E-state index is -0.380. The lowest BCUT2D eigenvalue weighted by molar-refractivity contribution is -0.122. The lowest BCUT2D eigenvalue weighted by Crippen LogP contribution is -2.38. The Morgan fingerprint density at radius 2 is 1.69 bits per heavy atom. The van der Waals surface area contributed by atoms with E-state index in [2.05, 4.69) is 10.2 Å². The van der Waals surface area contributed by atoms with Gasteiger partial charge in [0.2, 0.25) is 17.7 Å². The number of carbonyl (C=O) groups excluding carboxylic acids is 3. The van der Waals surface area contributed by atoms with Crippen molar-refractivity contribution in [3.05, 3.63) is 53.6 Å². The molecule has 2 heterocycles. The summed E-state index contributed by atoms with van der Waals surface area (Å²) in [5, 5.41) is 2.96. The molecule has 0 spiro atoms. The van der Waals surface area contributed by atoms with Crippen molar-refractivity contribution in [2.75, 3.05) is 34.8 Å². The number of primary amides is 1. The Morgan fingerprint density at radius 3 is 2.34 bits per heavy atom. The van der Waals surface area contributed by atoms with E-state index in [0.29, 0.717) is 12.2 Å². The van der Waals surface area contributed by atoms with E-state index >= 15 is 0 Å². The molecule has 2 fully saturated rings. The summed E-state index contributed by atoms with van der Waals surface area (Å²) in [7, 11) is 0. The number of carbonyl (C=O) groups is 3. The first-order valence-electron chi connectivity index (χ1n) is 11.1. The van der Waals surface area contributed by atoms with Crippen LogP contribution in [0.5, 0.6) is 0 Å². The molecule has 2 aromatic rings. The first-order valence-corrected chi connectivity index (χ1v) is 11.1. The van der Waals surface area contributed by atoms with Crippen LogP contribution in [0.3, 0.4) is 0 Å². The van der Waals surface area contributed by atoms with Crippen molar-refractivity contribution in [3.8, 4) is 0 Å². The number of anilines is 3. The number of rotatable bonds is 5. The van der Waals surface area contributed by atoms with Gasteiger partial charge in [-0.05, 0) is 68.1 Å². The van der Waals surface area contributed by atoms with E-state index < -0.39 is 0 Å². The molecular formula is C25H30N4O3. The fourth-order valence-electron chi connectivity index (χ4n) is 4.57. The minimum Gasteiger partial charge on any atom is -0.371 e. The number of amides is 3. The molecule has 3 amide bonds. The lowest BCUT2D eigenvalue weighted by atomic mass is 9.96. The van der Waals surface area contributed by atoms with Crippen molar-refractivity contribution in [3.63, 3.8) is 0 Å².